The van der Waals surface area contributed by atoms with Crippen molar-refractivity contribution in [2.24, 2.45) is 10.5 Å². The SMILES string of the molecule is CCCCCOC(=O)OCCCOP(=O)(N=C(N)N(C)C(Cc1ccccc1)C(=O)O)OCCCOC(=O)OCCCCC. The van der Waals surface area contributed by atoms with Crippen LogP contribution in [0.2, 0.25) is 0 Å². The van der Waals surface area contributed by atoms with E-state index in [9.17, 15) is 24.1 Å². The van der Waals surface area contributed by atoms with E-state index in [1.165, 1.54) is 11.9 Å². The summed E-state index contributed by atoms with van der Waals surface area (Å²) in [5.41, 5.74) is 6.83. The molecule has 0 aliphatic heterocycles. The maximum Gasteiger partial charge on any atom is 0.508 e. The van der Waals surface area contributed by atoms with Crippen LogP contribution in [-0.4, -0.2) is 87.0 Å². The molecule has 1 aromatic rings. The third-order valence-electron chi connectivity index (χ3n) is 6.07. The van der Waals surface area contributed by atoms with E-state index in [4.69, 9.17) is 33.7 Å². The molecule has 0 amide bonds. The fraction of sp³-hybridized carbons (Fsp3) is 0.655. The molecule has 0 aromatic heterocycles. The van der Waals surface area contributed by atoms with Crippen molar-refractivity contribution in [2.45, 2.75) is 77.7 Å². The number of hydrogen-bond acceptors (Lipinski definition) is 10. The number of likely N-dealkylation sites (N-methyl/N-ethyl adjacent to an activating group) is 1. The molecule has 0 fully saturated rings. The average molecular weight is 646 g/mol. The van der Waals surface area contributed by atoms with Crippen LogP contribution in [0.15, 0.2) is 35.1 Å². The van der Waals surface area contributed by atoms with Crippen LogP contribution in [0, 0.1) is 0 Å². The molecule has 1 rings (SSSR count). The second-order valence-electron chi connectivity index (χ2n) is 9.76. The third-order valence-corrected chi connectivity index (χ3v) is 7.54. The summed E-state index contributed by atoms with van der Waals surface area (Å²) in [5.74, 6) is -1.54. The molecule has 0 radical (unpaired) electrons. The van der Waals surface area contributed by atoms with Crippen LogP contribution >= 0.6 is 7.75 Å². The molecule has 14 nitrogen and oxygen atoms in total. The molecule has 3 N–H and O–H groups in total. The Morgan fingerprint density at radius 1 is 0.795 bits per heavy atom. The van der Waals surface area contributed by atoms with E-state index in [1.807, 2.05) is 19.9 Å². The van der Waals surface area contributed by atoms with Crippen LogP contribution < -0.4 is 5.73 Å². The van der Waals surface area contributed by atoms with Gasteiger partial charge < -0.3 is 34.7 Å². The highest BCUT2D eigenvalue weighted by atomic mass is 31.2. The number of guanidine groups is 1. The average Bonchev–Trinajstić information content (AvgIpc) is 3.00. The predicted octanol–water partition coefficient (Wildman–Crippen LogP) is 5.54. The molecule has 0 saturated carbocycles. The van der Waals surface area contributed by atoms with Crippen molar-refractivity contribution in [2.75, 3.05) is 46.7 Å². The van der Waals surface area contributed by atoms with Crippen molar-refractivity contribution in [1.82, 2.24) is 4.90 Å². The summed E-state index contributed by atoms with van der Waals surface area (Å²) < 4.78 is 48.2. The van der Waals surface area contributed by atoms with Crippen molar-refractivity contribution in [1.29, 1.82) is 0 Å². The van der Waals surface area contributed by atoms with Gasteiger partial charge in [0.1, 0.15) is 6.04 Å². The molecule has 15 heteroatoms. The Labute approximate surface area is 259 Å². The minimum Gasteiger partial charge on any atom is -0.480 e. The summed E-state index contributed by atoms with van der Waals surface area (Å²) in [4.78, 5) is 36.5. The molecule has 0 saturated heterocycles. The molecule has 1 aromatic carbocycles. The van der Waals surface area contributed by atoms with Gasteiger partial charge in [-0.1, -0.05) is 69.9 Å². The van der Waals surface area contributed by atoms with Gasteiger partial charge in [-0.3, -0.25) is 9.05 Å². The van der Waals surface area contributed by atoms with Crippen molar-refractivity contribution < 1.29 is 52.1 Å². The molecule has 0 aliphatic carbocycles. The molecular formula is C29H48N3O11P. The lowest BCUT2D eigenvalue weighted by atomic mass is 10.1. The van der Waals surface area contributed by atoms with Gasteiger partial charge in [0.15, 0.2) is 0 Å². The monoisotopic (exact) mass is 645 g/mol. The van der Waals surface area contributed by atoms with Crippen molar-refractivity contribution in [3.8, 4) is 0 Å². The Kier molecular flexibility index (Phi) is 20.3. The molecule has 0 aliphatic rings. The van der Waals surface area contributed by atoms with E-state index < -0.39 is 32.1 Å². The fourth-order valence-electron chi connectivity index (χ4n) is 3.57. The number of nitrogens with two attached hydrogens (primary N) is 1. The fourth-order valence-corrected chi connectivity index (χ4v) is 4.87. The van der Waals surface area contributed by atoms with Gasteiger partial charge in [0, 0.05) is 26.3 Å². The largest absolute Gasteiger partial charge is 0.508 e. The normalized spacial score (nSPS) is 12.3. The zero-order valence-corrected chi connectivity index (χ0v) is 26.9. The first-order valence-corrected chi connectivity index (χ1v) is 16.4. The second kappa shape index (κ2) is 23.1. The number of carbonyl (C=O) groups excluding carboxylic acids is 2. The van der Waals surface area contributed by atoms with Crippen molar-refractivity contribution in [3.63, 3.8) is 0 Å². The van der Waals surface area contributed by atoms with E-state index in [1.54, 1.807) is 24.3 Å². The predicted molar refractivity (Wildman–Crippen MR) is 163 cm³/mol. The van der Waals surface area contributed by atoms with E-state index in [0.717, 1.165) is 44.1 Å². The summed E-state index contributed by atoms with van der Waals surface area (Å²) in [6.45, 7) is 4.07. The van der Waals surface area contributed by atoms with Crippen LogP contribution in [0.5, 0.6) is 0 Å². The third kappa shape index (κ3) is 17.7. The molecule has 1 atom stereocenters. The van der Waals surface area contributed by atoms with Gasteiger partial charge in [-0.2, -0.15) is 0 Å². The molecular weight excluding hydrogens is 597 g/mol. The topological polar surface area (TPSA) is 186 Å². The van der Waals surface area contributed by atoms with E-state index in [-0.39, 0.29) is 64.9 Å². The standard InChI is InChI=1S/C29H48N3O11P/c1-4-6-11-17-38-28(35)40-19-13-21-42-44(37,43-22-14-20-41-29(36)39-18-12-7-5-2)31-27(30)32(3)25(26(33)34)23-24-15-9-8-10-16-24/h8-10,15-16,25H,4-7,11-14,17-23H2,1-3H3,(H,33,34)(H2,30,31,37). The number of unbranched alkanes of at least 4 members (excludes halogenated alkanes) is 4. The molecule has 0 spiro atoms. The summed E-state index contributed by atoms with van der Waals surface area (Å²) in [6, 6.07) is 7.82. The van der Waals surface area contributed by atoms with Crippen LogP contribution in [-0.2, 0) is 43.8 Å². The first-order valence-electron chi connectivity index (χ1n) is 14.9. The van der Waals surface area contributed by atoms with Crippen molar-refractivity contribution in [3.05, 3.63) is 35.9 Å². The summed E-state index contributed by atoms with van der Waals surface area (Å²) >= 11 is 0. The molecule has 250 valence electrons. The number of nitrogens with zero attached hydrogens (tertiary/aromatic N) is 2. The number of ether oxygens (including phenoxy) is 4. The molecule has 1 unspecified atom stereocenters. The summed E-state index contributed by atoms with van der Waals surface area (Å²) in [5, 5.41) is 9.82. The number of hydrogen-bond donors (Lipinski definition) is 2. The van der Waals surface area contributed by atoms with Crippen molar-refractivity contribution >= 4 is 32.0 Å². The Bertz CT molecular complexity index is 1000. The van der Waals surface area contributed by atoms with Crippen LogP contribution in [0.3, 0.4) is 0 Å². The zero-order valence-electron chi connectivity index (χ0n) is 26.0. The maximum atomic E-state index is 13.5. The number of carbonyl (C=O) groups is 3. The Morgan fingerprint density at radius 2 is 1.25 bits per heavy atom. The van der Waals surface area contributed by atoms with E-state index >= 15 is 0 Å². The highest BCUT2D eigenvalue weighted by Gasteiger charge is 2.30. The van der Waals surface area contributed by atoms with E-state index in [0.29, 0.717) is 0 Å². The second-order valence-corrected chi connectivity index (χ2v) is 11.4. The Balaban J connectivity index is 2.77. The lowest BCUT2D eigenvalue weighted by Crippen LogP contribution is -2.47. The number of carboxylic acids is 1. The first kappa shape index (κ1) is 38.7. The molecule has 44 heavy (non-hydrogen) atoms. The highest BCUT2D eigenvalue weighted by molar-refractivity contribution is 7.52. The minimum absolute atomic E-state index is 0.0713. The van der Waals surface area contributed by atoms with Gasteiger partial charge in [0.2, 0.25) is 5.96 Å². The number of benzene rings is 1. The number of rotatable bonds is 23. The van der Waals surface area contributed by atoms with Crippen LogP contribution in [0.25, 0.3) is 0 Å². The van der Waals surface area contributed by atoms with Gasteiger partial charge in [-0.25, -0.2) is 18.9 Å². The van der Waals surface area contributed by atoms with Gasteiger partial charge in [-0.15, -0.1) is 4.76 Å². The smallest absolute Gasteiger partial charge is 0.480 e. The number of carboxylic acid groups (broad SMARTS) is 1. The van der Waals surface area contributed by atoms with Gasteiger partial charge in [-0.05, 0) is 18.4 Å². The van der Waals surface area contributed by atoms with E-state index in [2.05, 4.69) is 4.76 Å². The minimum atomic E-state index is -4.28. The zero-order chi connectivity index (χ0) is 32.6. The summed E-state index contributed by atoms with van der Waals surface area (Å²) in [6.07, 6.45) is 4.08. The molecule has 0 heterocycles. The van der Waals surface area contributed by atoms with Gasteiger partial charge in [0.25, 0.3) is 0 Å². The lowest BCUT2D eigenvalue weighted by molar-refractivity contribution is -0.141. The Morgan fingerprint density at radius 3 is 1.68 bits per heavy atom. The Hall–Kier alpha value is -3.35. The molecule has 0 bridgehead atoms. The lowest BCUT2D eigenvalue weighted by Gasteiger charge is -2.26. The maximum absolute atomic E-state index is 13.5. The van der Waals surface area contributed by atoms with Gasteiger partial charge in [0.05, 0.1) is 39.6 Å². The highest BCUT2D eigenvalue weighted by Crippen LogP contribution is 2.50. The first-order chi connectivity index (χ1) is 21.1. The summed E-state index contributed by atoms with van der Waals surface area (Å²) in [7, 11) is -2.87. The number of aliphatic carboxylic acids is 1. The quantitative estimate of drug-likeness (QED) is 0.0497. The van der Waals surface area contributed by atoms with Gasteiger partial charge >= 0.3 is 26.0 Å². The van der Waals surface area contributed by atoms with Crippen LogP contribution in [0.4, 0.5) is 9.59 Å². The van der Waals surface area contributed by atoms with Crippen LogP contribution in [0.1, 0.15) is 70.8 Å².